The molecule has 0 unspecified atom stereocenters. The molecule has 1 N–H and O–H groups in total. The lowest BCUT2D eigenvalue weighted by Crippen LogP contribution is -2.08. The maximum absolute atomic E-state index is 12.4. The quantitative estimate of drug-likeness (QED) is 0.885. The van der Waals surface area contributed by atoms with E-state index >= 15 is 0 Å². The number of ether oxygens (including phenoxy) is 1. The Balaban J connectivity index is 2.46. The molecule has 1 heterocycles. The Kier molecular flexibility index (Phi) is 4.49. The number of aromatic nitrogens is 3. The summed E-state index contributed by atoms with van der Waals surface area (Å²) in [6.07, 6.45) is 0. The molecule has 0 aliphatic carbocycles. The van der Waals surface area contributed by atoms with Crippen molar-refractivity contribution in [3.05, 3.63) is 24.3 Å². The van der Waals surface area contributed by atoms with E-state index in [9.17, 15) is 8.78 Å². The topological polar surface area (TPSA) is 52.0 Å². The van der Waals surface area contributed by atoms with E-state index < -0.39 is 6.61 Å². The molecule has 0 spiro atoms. The second kappa shape index (κ2) is 6.31. The summed E-state index contributed by atoms with van der Waals surface area (Å²) in [4.78, 5) is 0. The van der Waals surface area contributed by atoms with Gasteiger partial charge in [0.15, 0.2) is 5.82 Å². The fourth-order valence-electron chi connectivity index (χ4n) is 1.94. The van der Waals surface area contributed by atoms with Gasteiger partial charge >= 0.3 is 6.61 Å². The highest BCUT2D eigenvalue weighted by Gasteiger charge is 2.17. The third-order valence-corrected chi connectivity index (χ3v) is 2.75. The van der Waals surface area contributed by atoms with Crippen molar-refractivity contribution in [2.24, 2.45) is 0 Å². The number of rotatable bonds is 6. The number of alkyl halides is 2. The van der Waals surface area contributed by atoms with Crippen molar-refractivity contribution in [2.75, 3.05) is 11.9 Å². The Morgan fingerprint density at radius 1 is 1.25 bits per heavy atom. The molecule has 0 saturated heterocycles. The molecule has 0 aliphatic rings. The van der Waals surface area contributed by atoms with Crippen LogP contribution in [0.1, 0.15) is 13.8 Å². The standard InChI is InChI=1S/C13H16F2N4O/c1-3-16-13-18-17-11(19(13)4-2)9-7-5-6-8-10(9)20-12(14)15/h5-8,12H,3-4H2,1-2H3,(H,16,18). The highest BCUT2D eigenvalue weighted by atomic mass is 19.3. The Hall–Kier alpha value is -2.18. The number of nitrogens with zero attached hydrogens (tertiary/aromatic N) is 3. The summed E-state index contributed by atoms with van der Waals surface area (Å²) in [5.41, 5.74) is 0.492. The Bertz CT molecular complexity index is 571. The van der Waals surface area contributed by atoms with Crippen molar-refractivity contribution in [1.82, 2.24) is 14.8 Å². The number of halogens is 2. The van der Waals surface area contributed by atoms with Gasteiger partial charge in [-0.1, -0.05) is 12.1 Å². The third kappa shape index (κ3) is 2.87. The predicted octanol–water partition coefficient (Wildman–Crippen LogP) is 3.00. The molecule has 0 radical (unpaired) electrons. The van der Waals surface area contributed by atoms with Crippen LogP contribution in [0.5, 0.6) is 5.75 Å². The average Bonchev–Trinajstić information content (AvgIpc) is 2.82. The maximum atomic E-state index is 12.4. The number of nitrogens with one attached hydrogen (secondary N) is 1. The van der Waals surface area contributed by atoms with E-state index in [1.807, 2.05) is 18.4 Å². The minimum atomic E-state index is -2.87. The van der Waals surface area contributed by atoms with Gasteiger partial charge in [0.1, 0.15) is 5.75 Å². The summed E-state index contributed by atoms with van der Waals surface area (Å²) in [6, 6.07) is 6.56. The molecule has 0 amide bonds. The van der Waals surface area contributed by atoms with Crippen molar-refractivity contribution in [3.8, 4) is 17.1 Å². The van der Waals surface area contributed by atoms with Crippen molar-refractivity contribution in [2.45, 2.75) is 27.0 Å². The van der Waals surface area contributed by atoms with Crippen LogP contribution >= 0.6 is 0 Å². The molecule has 0 atom stereocenters. The summed E-state index contributed by atoms with van der Waals surface area (Å²) in [7, 11) is 0. The minimum Gasteiger partial charge on any atom is -0.434 e. The van der Waals surface area contributed by atoms with Gasteiger partial charge in [0.25, 0.3) is 0 Å². The van der Waals surface area contributed by atoms with Crippen LogP contribution in [0.2, 0.25) is 0 Å². The average molecular weight is 282 g/mol. The molecule has 2 rings (SSSR count). The summed E-state index contributed by atoms with van der Waals surface area (Å²) in [6.45, 7) is 2.33. The van der Waals surface area contributed by atoms with E-state index in [4.69, 9.17) is 0 Å². The zero-order valence-corrected chi connectivity index (χ0v) is 11.3. The molecule has 108 valence electrons. The van der Waals surface area contributed by atoms with Crippen LogP contribution < -0.4 is 10.1 Å². The van der Waals surface area contributed by atoms with Gasteiger partial charge in [-0.15, -0.1) is 10.2 Å². The van der Waals surface area contributed by atoms with Crippen LogP contribution in [0.15, 0.2) is 24.3 Å². The molecular weight excluding hydrogens is 266 g/mol. The molecule has 0 saturated carbocycles. The largest absolute Gasteiger partial charge is 0.434 e. The smallest absolute Gasteiger partial charge is 0.387 e. The SMILES string of the molecule is CCNc1nnc(-c2ccccc2OC(F)F)n1CC. The van der Waals surface area contributed by atoms with Gasteiger partial charge in [0, 0.05) is 13.1 Å². The number of benzene rings is 1. The summed E-state index contributed by atoms with van der Waals surface area (Å²) in [5, 5.41) is 11.2. The summed E-state index contributed by atoms with van der Waals surface area (Å²) in [5.74, 6) is 1.20. The van der Waals surface area contributed by atoms with E-state index in [0.717, 1.165) is 0 Å². The molecule has 1 aromatic heterocycles. The lowest BCUT2D eigenvalue weighted by atomic mass is 10.2. The van der Waals surface area contributed by atoms with Crippen LogP contribution in [-0.2, 0) is 6.54 Å². The minimum absolute atomic E-state index is 0.0904. The van der Waals surface area contributed by atoms with E-state index in [1.165, 1.54) is 6.07 Å². The van der Waals surface area contributed by atoms with Crippen molar-refractivity contribution in [3.63, 3.8) is 0 Å². The number of hydrogen-bond donors (Lipinski definition) is 1. The predicted molar refractivity (Wildman–Crippen MR) is 71.9 cm³/mol. The van der Waals surface area contributed by atoms with Gasteiger partial charge in [-0.3, -0.25) is 4.57 Å². The van der Waals surface area contributed by atoms with Gasteiger partial charge in [-0.05, 0) is 26.0 Å². The van der Waals surface area contributed by atoms with Gasteiger partial charge in [-0.25, -0.2) is 0 Å². The van der Waals surface area contributed by atoms with Crippen LogP contribution in [0.25, 0.3) is 11.4 Å². The number of para-hydroxylation sites is 1. The second-order valence-corrected chi connectivity index (χ2v) is 4.00. The lowest BCUT2D eigenvalue weighted by molar-refractivity contribution is -0.0494. The molecule has 5 nitrogen and oxygen atoms in total. The van der Waals surface area contributed by atoms with Crippen LogP contribution in [0.3, 0.4) is 0 Å². The van der Waals surface area contributed by atoms with Crippen LogP contribution in [-0.4, -0.2) is 27.9 Å². The first kappa shape index (κ1) is 14.2. The molecule has 7 heteroatoms. The van der Waals surface area contributed by atoms with Crippen LogP contribution in [0, 0.1) is 0 Å². The summed E-state index contributed by atoms with van der Waals surface area (Å²) >= 11 is 0. The van der Waals surface area contributed by atoms with Gasteiger partial charge < -0.3 is 10.1 Å². The first-order valence-corrected chi connectivity index (χ1v) is 6.38. The van der Waals surface area contributed by atoms with Gasteiger partial charge in [0.2, 0.25) is 5.95 Å². The highest BCUT2D eigenvalue weighted by Crippen LogP contribution is 2.30. The molecule has 20 heavy (non-hydrogen) atoms. The normalized spacial score (nSPS) is 10.8. The monoisotopic (exact) mass is 282 g/mol. The first-order chi connectivity index (χ1) is 9.67. The molecule has 0 bridgehead atoms. The van der Waals surface area contributed by atoms with Crippen molar-refractivity contribution in [1.29, 1.82) is 0 Å². The van der Waals surface area contributed by atoms with E-state index in [2.05, 4.69) is 20.3 Å². The van der Waals surface area contributed by atoms with Crippen LogP contribution in [0.4, 0.5) is 14.7 Å². The zero-order chi connectivity index (χ0) is 14.5. The zero-order valence-electron chi connectivity index (χ0n) is 11.3. The first-order valence-electron chi connectivity index (χ1n) is 6.38. The Morgan fingerprint density at radius 2 is 2.00 bits per heavy atom. The molecule has 0 aliphatic heterocycles. The van der Waals surface area contributed by atoms with Crippen molar-refractivity contribution >= 4 is 5.95 Å². The van der Waals surface area contributed by atoms with Gasteiger partial charge in [0.05, 0.1) is 5.56 Å². The number of hydrogen-bond acceptors (Lipinski definition) is 4. The summed E-state index contributed by atoms with van der Waals surface area (Å²) < 4.78 is 31.2. The Morgan fingerprint density at radius 3 is 2.65 bits per heavy atom. The number of anilines is 1. The Labute approximate surface area is 115 Å². The maximum Gasteiger partial charge on any atom is 0.387 e. The third-order valence-electron chi connectivity index (χ3n) is 2.75. The fraction of sp³-hybridized carbons (Fsp3) is 0.385. The van der Waals surface area contributed by atoms with E-state index in [0.29, 0.717) is 30.4 Å². The molecular formula is C13H16F2N4O. The van der Waals surface area contributed by atoms with E-state index in [-0.39, 0.29) is 5.75 Å². The lowest BCUT2D eigenvalue weighted by Gasteiger charge is -2.12. The van der Waals surface area contributed by atoms with Crippen molar-refractivity contribution < 1.29 is 13.5 Å². The molecule has 1 aromatic carbocycles. The highest BCUT2D eigenvalue weighted by molar-refractivity contribution is 5.65. The van der Waals surface area contributed by atoms with E-state index in [1.54, 1.807) is 18.2 Å². The molecule has 2 aromatic rings. The second-order valence-electron chi connectivity index (χ2n) is 4.00. The fourth-order valence-corrected chi connectivity index (χ4v) is 1.94. The van der Waals surface area contributed by atoms with Gasteiger partial charge in [-0.2, -0.15) is 8.78 Å². The molecule has 0 fully saturated rings.